The molecule has 1 aromatic heterocycles. The Bertz CT molecular complexity index is 868. The fourth-order valence-corrected chi connectivity index (χ4v) is 2.22. The molecule has 4 nitrogen and oxygen atoms in total. The van der Waals surface area contributed by atoms with Crippen molar-refractivity contribution in [2.75, 3.05) is 10.6 Å². The molecule has 0 aliphatic carbocycles. The van der Waals surface area contributed by atoms with Crippen LogP contribution in [0.4, 0.5) is 20.2 Å². The maximum absolute atomic E-state index is 13.2. The minimum Gasteiger partial charge on any atom is -0.381 e. The monoisotopic (exact) mass is 339 g/mol. The number of carbonyl (C=O) groups excluding carboxylic acids is 1. The van der Waals surface area contributed by atoms with E-state index in [0.29, 0.717) is 12.2 Å². The van der Waals surface area contributed by atoms with Gasteiger partial charge in [-0.05, 0) is 60.2 Å². The van der Waals surface area contributed by atoms with E-state index >= 15 is 0 Å². The topological polar surface area (TPSA) is 54.0 Å². The van der Waals surface area contributed by atoms with E-state index in [0.717, 1.165) is 23.4 Å². The molecule has 0 fully saturated rings. The molecule has 0 aliphatic heterocycles. The van der Waals surface area contributed by atoms with Gasteiger partial charge in [0.1, 0.15) is 0 Å². The third-order valence-corrected chi connectivity index (χ3v) is 3.57. The van der Waals surface area contributed by atoms with Crippen molar-refractivity contribution in [3.8, 4) is 0 Å². The lowest BCUT2D eigenvalue weighted by molar-refractivity contribution is 0.102. The van der Waals surface area contributed by atoms with Gasteiger partial charge in [0.05, 0.1) is 0 Å². The second-order valence-electron chi connectivity index (χ2n) is 5.37. The molecule has 0 spiro atoms. The number of aromatic nitrogens is 1. The van der Waals surface area contributed by atoms with E-state index in [4.69, 9.17) is 0 Å². The maximum atomic E-state index is 13.2. The van der Waals surface area contributed by atoms with Crippen molar-refractivity contribution in [2.45, 2.75) is 6.54 Å². The van der Waals surface area contributed by atoms with E-state index < -0.39 is 17.5 Å². The molecule has 0 bridgehead atoms. The lowest BCUT2D eigenvalue weighted by atomic mass is 10.2. The van der Waals surface area contributed by atoms with Crippen LogP contribution in [0.1, 0.15) is 15.9 Å². The second-order valence-corrected chi connectivity index (χ2v) is 5.37. The SMILES string of the molecule is O=C(Nc1ccc(NCc2ccncc2)cc1)c1ccc(F)c(F)c1. The molecule has 2 N–H and O–H groups in total. The molecule has 3 aromatic rings. The van der Waals surface area contributed by atoms with Gasteiger partial charge in [0.25, 0.3) is 5.91 Å². The fourth-order valence-electron chi connectivity index (χ4n) is 2.22. The van der Waals surface area contributed by atoms with Crippen molar-refractivity contribution in [2.24, 2.45) is 0 Å². The van der Waals surface area contributed by atoms with Gasteiger partial charge in [-0.25, -0.2) is 8.78 Å². The van der Waals surface area contributed by atoms with Crippen molar-refractivity contribution < 1.29 is 13.6 Å². The van der Waals surface area contributed by atoms with Crippen LogP contribution in [-0.4, -0.2) is 10.9 Å². The van der Waals surface area contributed by atoms with Gasteiger partial charge in [-0.2, -0.15) is 0 Å². The molecule has 0 saturated heterocycles. The summed E-state index contributed by atoms with van der Waals surface area (Å²) < 4.78 is 26.1. The average Bonchev–Trinajstić information content (AvgIpc) is 2.64. The van der Waals surface area contributed by atoms with Gasteiger partial charge in [-0.1, -0.05) is 0 Å². The van der Waals surface area contributed by atoms with E-state index in [2.05, 4.69) is 15.6 Å². The van der Waals surface area contributed by atoms with E-state index in [1.54, 1.807) is 24.5 Å². The van der Waals surface area contributed by atoms with Gasteiger partial charge in [0, 0.05) is 35.9 Å². The lowest BCUT2D eigenvalue weighted by Gasteiger charge is -2.09. The molecule has 1 heterocycles. The van der Waals surface area contributed by atoms with E-state index in [1.165, 1.54) is 6.07 Å². The summed E-state index contributed by atoms with van der Waals surface area (Å²) in [5.74, 6) is -2.54. The highest BCUT2D eigenvalue weighted by molar-refractivity contribution is 6.04. The van der Waals surface area contributed by atoms with Crippen LogP contribution >= 0.6 is 0 Å². The Balaban J connectivity index is 1.60. The highest BCUT2D eigenvalue weighted by Crippen LogP contribution is 2.16. The Morgan fingerprint density at radius 3 is 2.24 bits per heavy atom. The molecule has 3 rings (SSSR count). The zero-order chi connectivity index (χ0) is 17.6. The zero-order valence-electron chi connectivity index (χ0n) is 13.2. The molecular weight excluding hydrogens is 324 g/mol. The Morgan fingerprint density at radius 2 is 1.56 bits per heavy atom. The quantitative estimate of drug-likeness (QED) is 0.732. The summed E-state index contributed by atoms with van der Waals surface area (Å²) in [6.07, 6.45) is 3.46. The Labute approximate surface area is 143 Å². The minimum absolute atomic E-state index is 0.0544. The molecule has 126 valence electrons. The fraction of sp³-hybridized carbons (Fsp3) is 0.0526. The largest absolute Gasteiger partial charge is 0.381 e. The molecule has 25 heavy (non-hydrogen) atoms. The normalized spacial score (nSPS) is 10.3. The van der Waals surface area contributed by atoms with E-state index in [9.17, 15) is 13.6 Å². The molecule has 0 unspecified atom stereocenters. The summed E-state index contributed by atoms with van der Waals surface area (Å²) in [5.41, 5.74) is 2.61. The Morgan fingerprint density at radius 1 is 0.880 bits per heavy atom. The standard InChI is InChI=1S/C19H15F2N3O/c20-17-6-1-14(11-18(17)21)19(25)24-16-4-2-15(3-5-16)23-12-13-7-9-22-10-8-13/h1-11,23H,12H2,(H,24,25). The highest BCUT2D eigenvalue weighted by atomic mass is 19.2. The Kier molecular flexibility index (Phi) is 4.99. The van der Waals surface area contributed by atoms with Crippen LogP contribution in [0.25, 0.3) is 0 Å². The molecule has 2 aromatic carbocycles. The number of pyridine rings is 1. The number of amides is 1. The van der Waals surface area contributed by atoms with Gasteiger partial charge in [-0.15, -0.1) is 0 Å². The molecular formula is C19H15F2N3O. The highest BCUT2D eigenvalue weighted by Gasteiger charge is 2.10. The summed E-state index contributed by atoms with van der Waals surface area (Å²) >= 11 is 0. The van der Waals surface area contributed by atoms with Crippen LogP contribution in [0, 0.1) is 11.6 Å². The van der Waals surface area contributed by atoms with Crippen LogP contribution in [0.15, 0.2) is 67.0 Å². The van der Waals surface area contributed by atoms with Crippen LogP contribution < -0.4 is 10.6 Å². The van der Waals surface area contributed by atoms with E-state index in [1.807, 2.05) is 24.3 Å². The number of nitrogens with zero attached hydrogens (tertiary/aromatic N) is 1. The predicted molar refractivity (Wildman–Crippen MR) is 92.3 cm³/mol. The molecule has 0 saturated carbocycles. The average molecular weight is 339 g/mol. The molecule has 0 atom stereocenters. The van der Waals surface area contributed by atoms with Crippen molar-refractivity contribution in [3.05, 3.63) is 89.8 Å². The third kappa shape index (κ3) is 4.38. The summed E-state index contributed by atoms with van der Waals surface area (Å²) in [5, 5.41) is 5.90. The minimum atomic E-state index is -1.05. The first-order chi connectivity index (χ1) is 12.1. The van der Waals surface area contributed by atoms with Gasteiger partial charge in [0.2, 0.25) is 0 Å². The number of benzene rings is 2. The summed E-state index contributed by atoms with van der Waals surface area (Å²) in [4.78, 5) is 16.0. The van der Waals surface area contributed by atoms with Crippen LogP contribution in [0.2, 0.25) is 0 Å². The van der Waals surface area contributed by atoms with Crippen LogP contribution in [-0.2, 0) is 6.54 Å². The lowest BCUT2D eigenvalue weighted by Crippen LogP contribution is -2.12. The molecule has 0 radical (unpaired) electrons. The summed E-state index contributed by atoms with van der Waals surface area (Å²) in [7, 11) is 0. The number of rotatable bonds is 5. The summed E-state index contributed by atoms with van der Waals surface area (Å²) in [6, 6.07) is 14.0. The smallest absolute Gasteiger partial charge is 0.255 e. The number of anilines is 2. The molecule has 1 amide bonds. The van der Waals surface area contributed by atoms with E-state index in [-0.39, 0.29) is 5.56 Å². The maximum Gasteiger partial charge on any atom is 0.255 e. The number of hydrogen-bond acceptors (Lipinski definition) is 3. The number of nitrogens with one attached hydrogen (secondary N) is 2. The van der Waals surface area contributed by atoms with Crippen molar-refractivity contribution >= 4 is 17.3 Å². The molecule has 0 aliphatic rings. The first kappa shape index (κ1) is 16.6. The zero-order valence-corrected chi connectivity index (χ0v) is 13.2. The van der Waals surface area contributed by atoms with Gasteiger partial charge in [-0.3, -0.25) is 9.78 Å². The van der Waals surface area contributed by atoms with Crippen LogP contribution in [0.5, 0.6) is 0 Å². The van der Waals surface area contributed by atoms with Crippen molar-refractivity contribution in [3.63, 3.8) is 0 Å². The van der Waals surface area contributed by atoms with Gasteiger partial charge in [0.15, 0.2) is 11.6 Å². The Hall–Kier alpha value is -3.28. The van der Waals surface area contributed by atoms with Gasteiger partial charge < -0.3 is 10.6 Å². The third-order valence-electron chi connectivity index (χ3n) is 3.57. The van der Waals surface area contributed by atoms with Crippen molar-refractivity contribution in [1.82, 2.24) is 4.98 Å². The molecule has 6 heteroatoms. The van der Waals surface area contributed by atoms with Gasteiger partial charge >= 0.3 is 0 Å². The second kappa shape index (κ2) is 7.53. The summed E-state index contributed by atoms with van der Waals surface area (Å²) in [6.45, 7) is 0.656. The number of halogens is 2. The first-order valence-corrected chi connectivity index (χ1v) is 7.61. The van der Waals surface area contributed by atoms with Crippen LogP contribution in [0.3, 0.4) is 0 Å². The predicted octanol–water partition coefficient (Wildman–Crippen LogP) is 4.22. The number of carbonyl (C=O) groups is 1. The first-order valence-electron chi connectivity index (χ1n) is 7.61. The van der Waals surface area contributed by atoms with Crippen molar-refractivity contribution in [1.29, 1.82) is 0 Å². The number of hydrogen-bond donors (Lipinski definition) is 2.